The fourth-order valence-corrected chi connectivity index (χ4v) is 6.22. The standard InChI is InChI=1S/C18H26N2O2S.C2H2O4/c1-14-2-6-17(7-3-14)23(21,22)20-10-8-19(9-11-20)18-13-15-4-5-16(18)12-15;3-1(4)2(5)6/h2-3,6-7,15-16,18H,4-5,8-13H2,1H3;(H,3,4)(H,5,6). The number of carboxylic acids is 2. The molecule has 1 heterocycles. The van der Waals surface area contributed by atoms with E-state index in [1.807, 2.05) is 19.1 Å². The number of sulfonamides is 1. The Labute approximate surface area is 171 Å². The van der Waals surface area contributed by atoms with Crippen LogP contribution in [-0.4, -0.2) is 72.0 Å². The van der Waals surface area contributed by atoms with Gasteiger partial charge in [-0.2, -0.15) is 4.31 Å². The van der Waals surface area contributed by atoms with Gasteiger partial charge in [0.05, 0.1) is 4.90 Å². The van der Waals surface area contributed by atoms with Crippen LogP contribution in [0, 0.1) is 18.8 Å². The molecule has 9 heteroatoms. The van der Waals surface area contributed by atoms with Crippen LogP contribution in [0.5, 0.6) is 0 Å². The van der Waals surface area contributed by atoms with Gasteiger partial charge < -0.3 is 10.2 Å². The number of rotatable bonds is 3. The molecule has 0 aromatic heterocycles. The Balaban J connectivity index is 0.000000353. The number of piperazine rings is 1. The monoisotopic (exact) mass is 424 g/mol. The fraction of sp³-hybridized carbons (Fsp3) is 0.600. The summed E-state index contributed by atoms with van der Waals surface area (Å²) in [4.78, 5) is 21.2. The minimum Gasteiger partial charge on any atom is -0.473 e. The van der Waals surface area contributed by atoms with Crippen molar-refractivity contribution in [1.29, 1.82) is 0 Å². The molecule has 29 heavy (non-hydrogen) atoms. The van der Waals surface area contributed by atoms with E-state index in [9.17, 15) is 8.42 Å². The van der Waals surface area contributed by atoms with Crippen LogP contribution in [0.3, 0.4) is 0 Å². The number of aliphatic carboxylic acids is 2. The third-order valence-corrected chi connectivity index (χ3v) is 8.20. The molecule has 0 spiro atoms. The molecule has 1 saturated heterocycles. The molecule has 1 aromatic rings. The highest BCUT2D eigenvalue weighted by Gasteiger charge is 2.43. The molecule has 4 rings (SSSR count). The lowest BCUT2D eigenvalue weighted by atomic mass is 9.93. The summed E-state index contributed by atoms with van der Waals surface area (Å²) < 4.78 is 27.2. The number of hydrogen-bond donors (Lipinski definition) is 2. The second-order valence-electron chi connectivity index (χ2n) is 8.11. The number of nitrogens with zero attached hydrogens (tertiary/aromatic N) is 2. The van der Waals surface area contributed by atoms with Crippen LogP contribution in [0.25, 0.3) is 0 Å². The van der Waals surface area contributed by atoms with Crippen LogP contribution in [0.15, 0.2) is 29.2 Å². The molecule has 3 atom stereocenters. The number of carbonyl (C=O) groups is 2. The first-order valence-corrected chi connectivity index (χ1v) is 11.4. The SMILES string of the molecule is Cc1ccc(S(=O)(=O)N2CCN(C3CC4CCC3C4)CC2)cc1.O=C(O)C(=O)O. The maximum atomic E-state index is 12.8. The minimum atomic E-state index is -3.33. The van der Waals surface area contributed by atoms with Crippen molar-refractivity contribution < 1.29 is 28.2 Å². The lowest BCUT2D eigenvalue weighted by Gasteiger charge is -2.40. The molecule has 0 radical (unpaired) electrons. The zero-order valence-corrected chi connectivity index (χ0v) is 17.3. The maximum Gasteiger partial charge on any atom is 0.414 e. The van der Waals surface area contributed by atoms with Gasteiger partial charge in [-0.15, -0.1) is 0 Å². The first-order chi connectivity index (χ1) is 13.7. The van der Waals surface area contributed by atoms with Crippen molar-refractivity contribution in [2.24, 2.45) is 11.8 Å². The predicted molar refractivity (Wildman–Crippen MR) is 106 cm³/mol. The summed E-state index contributed by atoms with van der Waals surface area (Å²) in [6, 6.07) is 7.93. The molecule has 160 valence electrons. The normalized spacial score (nSPS) is 27.3. The average Bonchev–Trinajstić information content (AvgIpc) is 3.32. The van der Waals surface area contributed by atoms with Crippen LogP contribution in [0.1, 0.15) is 31.2 Å². The number of carboxylic acid groups (broad SMARTS) is 2. The molecule has 2 bridgehead atoms. The van der Waals surface area contributed by atoms with Gasteiger partial charge in [-0.1, -0.05) is 24.1 Å². The molecule has 8 nitrogen and oxygen atoms in total. The van der Waals surface area contributed by atoms with Gasteiger partial charge in [0.2, 0.25) is 10.0 Å². The first-order valence-electron chi connectivity index (χ1n) is 9.95. The van der Waals surface area contributed by atoms with E-state index in [0.717, 1.165) is 36.5 Å². The number of benzene rings is 1. The highest BCUT2D eigenvalue weighted by Crippen LogP contribution is 2.46. The van der Waals surface area contributed by atoms with E-state index >= 15 is 0 Å². The van der Waals surface area contributed by atoms with Crippen molar-refractivity contribution >= 4 is 22.0 Å². The number of fused-ring (bicyclic) bond motifs is 2. The van der Waals surface area contributed by atoms with Crippen molar-refractivity contribution in [1.82, 2.24) is 9.21 Å². The first kappa shape index (κ1) is 21.7. The summed E-state index contributed by atoms with van der Waals surface area (Å²) in [5.41, 5.74) is 1.09. The Bertz CT molecular complexity index is 834. The molecule has 2 saturated carbocycles. The Kier molecular flexibility index (Phi) is 6.60. The van der Waals surface area contributed by atoms with Gasteiger partial charge in [-0.05, 0) is 50.2 Å². The molecule has 1 aromatic carbocycles. The quantitative estimate of drug-likeness (QED) is 0.709. The lowest BCUT2D eigenvalue weighted by Crippen LogP contribution is -2.53. The van der Waals surface area contributed by atoms with Gasteiger partial charge >= 0.3 is 11.9 Å². The Morgan fingerprint density at radius 3 is 1.97 bits per heavy atom. The highest BCUT2D eigenvalue weighted by atomic mass is 32.2. The van der Waals surface area contributed by atoms with Gasteiger partial charge in [0, 0.05) is 32.2 Å². The largest absolute Gasteiger partial charge is 0.473 e. The van der Waals surface area contributed by atoms with Crippen molar-refractivity contribution in [3.63, 3.8) is 0 Å². The van der Waals surface area contributed by atoms with Crippen molar-refractivity contribution in [3.05, 3.63) is 29.8 Å². The summed E-state index contributed by atoms with van der Waals surface area (Å²) in [5, 5.41) is 14.8. The van der Waals surface area contributed by atoms with Crippen LogP contribution >= 0.6 is 0 Å². The third-order valence-electron chi connectivity index (χ3n) is 6.28. The molecule has 2 N–H and O–H groups in total. The van der Waals surface area contributed by atoms with E-state index in [2.05, 4.69) is 4.90 Å². The van der Waals surface area contributed by atoms with E-state index < -0.39 is 22.0 Å². The van der Waals surface area contributed by atoms with E-state index in [-0.39, 0.29) is 0 Å². The van der Waals surface area contributed by atoms with E-state index in [4.69, 9.17) is 19.8 Å². The van der Waals surface area contributed by atoms with Gasteiger partial charge in [-0.25, -0.2) is 18.0 Å². The van der Waals surface area contributed by atoms with Crippen LogP contribution in [0.4, 0.5) is 0 Å². The molecule has 2 aliphatic carbocycles. The molecule has 1 aliphatic heterocycles. The van der Waals surface area contributed by atoms with E-state index in [0.29, 0.717) is 18.0 Å². The van der Waals surface area contributed by atoms with Gasteiger partial charge in [0.15, 0.2) is 0 Å². The summed E-state index contributed by atoms with van der Waals surface area (Å²) >= 11 is 0. The predicted octanol–water partition coefficient (Wildman–Crippen LogP) is 1.65. The molecule has 0 amide bonds. The van der Waals surface area contributed by atoms with E-state index in [1.165, 1.54) is 25.7 Å². The second kappa shape index (κ2) is 8.81. The second-order valence-corrected chi connectivity index (χ2v) is 10.0. The number of hydrogen-bond acceptors (Lipinski definition) is 5. The molecular weight excluding hydrogens is 396 g/mol. The summed E-state index contributed by atoms with van der Waals surface area (Å²) in [6.45, 7) is 5.01. The van der Waals surface area contributed by atoms with Crippen LogP contribution < -0.4 is 0 Å². The molecular formula is C20H28N2O6S. The zero-order chi connectivity index (χ0) is 21.2. The van der Waals surface area contributed by atoms with E-state index in [1.54, 1.807) is 16.4 Å². The minimum absolute atomic E-state index is 0.427. The number of aryl methyl sites for hydroxylation is 1. The zero-order valence-electron chi connectivity index (χ0n) is 16.5. The van der Waals surface area contributed by atoms with Gasteiger partial charge in [-0.3, -0.25) is 4.90 Å². The maximum absolute atomic E-state index is 12.8. The third kappa shape index (κ3) is 4.96. The fourth-order valence-electron chi connectivity index (χ4n) is 4.79. The summed E-state index contributed by atoms with van der Waals surface area (Å²) in [5.74, 6) is -1.83. The Morgan fingerprint density at radius 2 is 1.52 bits per heavy atom. The van der Waals surface area contributed by atoms with Crippen LogP contribution in [0.2, 0.25) is 0 Å². The van der Waals surface area contributed by atoms with Crippen molar-refractivity contribution in [2.75, 3.05) is 26.2 Å². The lowest BCUT2D eigenvalue weighted by molar-refractivity contribution is -0.159. The van der Waals surface area contributed by atoms with Gasteiger partial charge in [0.1, 0.15) is 0 Å². The van der Waals surface area contributed by atoms with Gasteiger partial charge in [0.25, 0.3) is 0 Å². The summed E-state index contributed by atoms with van der Waals surface area (Å²) in [7, 11) is -3.33. The van der Waals surface area contributed by atoms with Crippen molar-refractivity contribution in [2.45, 2.75) is 43.5 Å². The van der Waals surface area contributed by atoms with Crippen molar-refractivity contribution in [3.8, 4) is 0 Å². The summed E-state index contributed by atoms with van der Waals surface area (Å²) in [6.07, 6.45) is 5.56. The Morgan fingerprint density at radius 1 is 0.931 bits per heavy atom. The Hall–Kier alpha value is -1.97. The highest BCUT2D eigenvalue weighted by molar-refractivity contribution is 7.89. The molecule has 3 aliphatic rings. The molecule has 3 unspecified atom stereocenters. The smallest absolute Gasteiger partial charge is 0.414 e. The average molecular weight is 425 g/mol. The van der Waals surface area contributed by atoms with Crippen LogP contribution in [-0.2, 0) is 19.6 Å². The molecule has 3 fully saturated rings. The topological polar surface area (TPSA) is 115 Å².